The molecule has 0 saturated heterocycles. The zero-order valence-corrected chi connectivity index (χ0v) is 11.7. The minimum Gasteiger partial charge on any atom is -0.309 e. The van der Waals surface area contributed by atoms with Crippen LogP contribution in [0.25, 0.3) is 0 Å². The maximum Gasteiger partial charge on any atom is 0.0268 e. The van der Waals surface area contributed by atoms with Crippen LogP contribution < -0.4 is 5.32 Å². The fourth-order valence-electron chi connectivity index (χ4n) is 2.61. The monoisotopic (exact) mass is 293 g/mol. The molecule has 17 heavy (non-hydrogen) atoms. The van der Waals surface area contributed by atoms with Crippen molar-refractivity contribution in [2.45, 2.75) is 37.6 Å². The number of nitrogens with one attached hydrogen (secondary N) is 1. The first-order valence-electron chi connectivity index (χ1n) is 6.37. The summed E-state index contributed by atoms with van der Waals surface area (Å²) >= 11 is 3.39. The average molecular weight is 294 g/mol. The SMILES string of the molecule is C=C(Br)CNC1CCC(c2ccccc2)CC1. The van der Waals surface area contributed by atoms with Crippen molar-refractivity contribution in [3.8, 4) is 0 Å². The first-order chi connectivity index (χ1) is 8.25. The van der Waals surface area contributed by atoms with Gasteiger partial charge >= 0.3 is 0 Å². The quantitative estimate of drug-likeness (QED) is 0.877. The van der Waals surface area contributed by atoms with Gasteiger partial charge in [-0.25, -0.2) is 0 Å². The van der Waals surface area contributed by atoms with Crippen LogP contribution in [-0.4, -0.2) is 12.6 Å². The van der Waals surface area contributed by atoms with Crippen LogP contribution in [0.15, 0.2) is 41.4 Å². The highest BCUT2D eigenvalue weighted by atomic mass is 79.9. The van der Waals surface area contributed by atoms with Crippen LogP contribution in [0, 0.1) is 0 Å². The highest BCUT2D eigenvalue weighted by Crippen LogP contribution is 2.32. The second kappa shape index (κ2) is 6.36. The molecule has 2 heteroatoms. The van der Waals surface area contributed by atoms with Crippen molar-refractivity contribution in [3.05, 3.63) is 47.0 Å². The maximum atomic E-state index is 3.86. The largest absolute Gasteiger partial charge is 0.309 e. The van der Waals surface area contributed by atoms with Crippen molar-refractivity contribution in [2.75, 3.05) is 6.54 Å². The first kappa shape index (κ1) is 12.8. The van der Waals surface area contributed by atoms with E-state index in [-0.39, 0.29) is 0 Å². The van der Waals surface area contributed by atoms with Gasteiger partial charge in [0.15, 0.2) is 0 Å². The molecule has 1 fully saturated rings. The molecule has 0 bridgehead atoms. The van der Waals surface area contributed by atoms with E-state index in [4.69, 9.17) is 0 Å². The van der Waals surface area contributed by atoms with E-state index in [1.165, 1.54) is 31.2 Å². The summed E-state index contributed by atoms with van der Waals surface area (Å²) in [5.41, 5.74) is 1.51. The average Bonchev–Trinajstić information content (AvgIpc) is 2.38. The van der Waals surface area contributed by atoms with Gasteiger partial charge in [-0.05, 0) is 37.2 Å². The molecule has 1 nitrogen and oxygen atoms in total. The van der Waals surface area contributed by atoms with Gasteiger partial charge in [-0.2, -0.15) is 0 Å². The number of halogens is 1. The van der Waals surface area contributed by atoms with Gasteiger partial charge in [0.1, 0.15) is 0 Å². The molecule has 0 atom stereocenters. The van der Waals surface area contributed by atoms with Crippen LogP contribution in [-0.2, 0) is 0 Å². The smallest absolute Gasteiger partial charge is 0.0268 e. The third kappa shape index (κ3) is 3.97. The molecule has 2 rings (SSSR count). The van der Waals surface area contributed by atoms with E-state index in [0.29, 0.717) is 6.04 Å². The standard InChI is InChI=1S/C15H20BrN/c1-12(16)11-17-15-9-7-14(8-10-15)13-5-3-2-4-6-13/h2-6,14-15,17H,1,7-11H2. The number of hydrogen-bond donors (Lipinski definition) is 1. The van der Waals surface area contributed by atoms with E-state index in [1.54, 1.807) is 0 Å². The Labute approximate surface area is 112 Å². The van der Waals surface area contributed by atoms with Crippen LogP contribution in [0.4, 0.5) is 0 Å². The second-order valence-electron chi connectivity index (χ2n) is 4.86. The van der Waals surface area contributed by atoms with Crippen LogP contribution in [0.2, 0.25) is 0 Å². The van der Waals surface area contributed by atoms with E-state index >= 15 is 0 Å². The lowest BCUT2D eigenvalue weighted by Crippen LogP contribution is -2.33. The fraction of sp³-hybridized carbons (Fsp3) is 0.467. The molecule has 1 aromatic rings. The van der Waals surface area contributed by atoms with Crippen molar-refractivity contribution < 1.29 is 0 Å². The summed E-state index contributed by atoms with van der Waals surface area (Å²) in [5, 5.41) is 3.55. The van der Waals surface area contributed by atoms with Gasteiger partial charge in [0.05, 0.1) is 0 Å². The molecule has 0 aromatic heterocycles. The molecule has 0 amide bonds. The third-order valence-corrected chi connectivity index (χ3v) is 3.86. The van der Waals surface area contributed by atoms with Gasteiger partial charge in [-0.1, -0.05) is 52.8 Å². The van der Waals surface area contributed by atoms with E-state index in [2.05, 4.69) is 58.2 Å². The van der Waals surface area contributed by atoms with Gasteiger partial charge in [-0.3, -0.25) is 0 Å². The van der Waals surface area contributed by atoms with Crippen molar-refractivity contribution in [3.63, 3.8) is 0 Å². The van der Waals surface area contributed by atoms with Crippen LogP contribution in [0.1, 0.15) is 37.2 Å². The van der Waals surface area contributed by atoms with Crippen LogP contribution in [0.5, 0.6) is 0 Å². The molecule has 0 heterocycles. The summed E-state index contributed by atoms with van der Waals surface area (Å²) in [5.74, 6) is 0.765. The van der Waals surface area contributed by atoms with Crippen molar-refractivity contribution in [1.29, 1.82) is 0 Å². The molecule has 1 aliphatic rings. The lowest BCUT2D eigenvalue weighted by Gasteiger charge is -2.29. The first-order valence-corrected chi connectivity index (χ1v) is 7.16. The Morgan fingerprint density at radius 2 is 1.82 bits per heavy atom. The molecule has 0 radical (unpaired) electrons. The Morgan fingerprint density at radius 1 is 1.18 bits per heavy atom. The number of hydrogen-bond acceptors (Lipinski definition) is 1. The van der Waals surface area contributed by atoms with Gasteiger partial charge < -0.3 is 5.32 Å². The molecular formula is C15H20BrN. The molecule has 0 spiro atoms. The van der Waals surface area contributed by atoms with E-state index in [0.717, 1.165) is 16.9 Å². The third-order valence-electron chi connectivity index (χ3n) is 3.58. The highest BCUT2D eigenvalue weighted by molar-refractivity contribution is 9.11. The van der Waals surface area contributed by atoms with Crippen molar-refractivity contribution in [2.24, 2.45) is 0 Å². The molecule has 1 aliphatic carbocycles. The zero-order valence-electron chi connectivity index (χ0n) is 10.2. The summed E-state index contributed by atoms with van der Waals surface area (Å²) < 4.78 is 1.04. The lowest BCUT2D eigenvalue weighted by atomic mass is 9.82. The topological polar surface area (TPSA) is 12.0 Å². The molecular weight excluding hydrogens is 274 g/mol. The Bertz CT molecular complexity index is 352. The zero-order chi connectivity index (χ0) is 12.1. The minimum absolute atomic E-state index is 0.671. The fourth-order valence-corrected chi connectivity index (χ4v) is 2.77. The summed E-state index contributed by atoms with van der Waals surface area (Å²) in [4.78, 5) is 0. The molecule has 92 valence electrons. The van der Waals surface area contributed by atoms with Gasteiger partial charge in [0.25, 0.3) is 0 Å². The van der Waals surface area contributed by atoms with Gasteiger partial charge in [-0.15, -0.1) is 0 Å². The van der Waals surface area contributed by atoms with E-state index in [9.17, 15) is 0 Å². The Kier molecular flexibility index (Phi) is 4.81. The second-order valence-corrected chi connectivity index (χ2v) is 5.98. The summed E-state index contributed by atoms with van der Waals surface area (Å²) in [6, 6.07) is 11.6. The van der Waals surface area contributed by atoms with Gasteiger partial charge in [0, 0.05) is 17.1 Å². The summed E-state index contributed by atoms with van der Waals surface area (Å²) in [6.07, 6.45) is 5.16. The van der Waals surface area contributed by atoms with Crippen LogP contribution in [0.3, 0.4) is 0 Å². The van der Waals surface area contributed by atoms with Crippen LogP contribution >= 0.6 is 15.9 Å². The van der Waals surface area contributed by atoms with Gasteiger partial charge in [0.2, 0.25) is 0 Å². The molecule has 0 unspecified atom stereocenters. The van der Waals surface area contributed by atoms with E-state index < -0.39 is 0 Å². The maximum absolute atomic E-state index is 3.86. The summed E-state index contributed by atoms with van der Waals surface area (Å²) in [7, 11) is 0. The number of rotatable bonds is 4. The predicted octanol–water partition coefficient (Wildman–Crippen LogP) is 4.21. The Hall–Kier alpha value is -0.600. The molecule has 1 N–H and O–H groups in total. The lowest BCUT2D eigenvalue weighted by molar-refractivity contribution is 0.351. The van der Waals surface area contributed by atoms with Crippen molar-refractivity contribution in [1.82, 2.24) is 5.32 Å². The summed E-state index contributed by atoms with van der Waals surface area (Å²) in [6.45, 7) is 4.75. The van der Waals surface area contributed by atoms with E-state index in [1.807, 2.05) is 0 Å². The highest BCUT2D eigenvalue weighted by Gasteiger charge is 2.21. The van der Waals surface area contributed by atoms with Crippen molar-refractivity contribution >= 4 is 15.9 Å². The minimum atomic E-state index is 0.671. The molecule has 1 saturated carbocycles. The Morgan fingerprint density at radius 3 is 2.41 bits per heavy atom. The molecule has 0 aliphatic heterocycles. The number of benzene rings is 1. The Balaban J connectivity index is 1.80. The predicted molar refractivity (Wildman–Crippen MR) is 77.5 cm³/mol. The molecule has 1 aromatic carbocycles. The normalized spacial score (nSPS) is 24.5.